The molecule has 0 spiro atoms. The van der Waals surface area contributed by atoms with E-state index >= 15 is 0 Å². The molecular weight excluding hydrogens is 385 g/mol. The lowest BCUT2D eigenvalue weighted by molar-refractivity contribution is 0.552. The van der Waals surface area contributed by atoms with Crippen molar-refractivity contribution in [3.63, 3.8) is 0 Å². The van der Waals surface area contributed by atoms with Crippen molar-refractivity contribution >= 4 is 31.9 Å². The molecule has 0 aliphatic heterocycles. The molecule has 20 heavy (non-hydrogen) atoms. The second kappa shape index (κ2) is 6.83. The zero-order chi connectivity index (χ0) is 14.7. The average Bonchev–Trinajstić information content (AvgIpc) is 2.42. The predicted molar refractivity (Wildman–Crippen MR) is 88.5 cm³/mol. The van der Waals surface area contributed by atoms with Gasteiger partial charge in [-0.25, -0.2) is 4.39 Å². The minimum absolute atomic E-state index is 0.0694. The molecule has 0 fully saturated rings. The summed E-state index contributed by atoms with van der Waals surface area (Å²) in [5, 5.41) is 3.27. The molecule has 0 aliphatic rings. The van der Waals surface area contributed by atoms with Crippen molar-refractivity contribution < 1.29 is 4.39 Å². The van der Waals surface area contributed by atoms with Crippen LogP contribution in [0, 0.1) is 12.7 Å². The van der Waals surface area contributed by atoms with Crippen molar-refractivity contribution in [3.05, 3.63) is 67.9 Å². The van der Waals surface area contributed by atoms with Gasteiger partial charge in [0.05, 0.1) is 0 Å². The van der Waals surface area contributed by atoms with Crippen LogP contribution in [0.25, 0.3) is 0 Å². The van der Waals surface area contributed by atoms with Crippen molar-refractivity contribution in [1.29, 1.82) is 0 Å². The Morgan fingerprint density at radius 2 is 1.95 bits per heavy atom. The molecule has 106 valence electrons. The Hall–Kier alpha value is -0.710. The Kier molecular flexibility index (Phi) is 5.35. The third kappa shape index (κ3) is 3.48. The van der Waals surface area contributed by atoms with E-state index in [9.17, 15) is 4.39 Å². The Morgan fingerprint density at radius 3 is 2.60 bits per heavy atom. The van der Waals surface area contributed by atoms with Gasteiger partial charge in [-0.2, -0.15) is 0 Å². The molecule has 2 aromatic rings. The summed E-state index contributed by atoms with van der Waals surface area (Å²) in [5.41, 5.74) is 3.04. The first-order valence-electron chi connectivity index (χ1n) is 6.39. The third-order valence-corrected chi connectivity index (χ3v) is 4.96. The van der Waals surface area contributed by atoms with Crippen molar-refractivity contribution in [2.45, 2.75) is 19.4 Å². The summed E-state index contributed by atoms with van der Waals surface area (Å²) in [6.07, 6.45) is 0.609. The van der Waals surface area contributed by atoms with Crippen LogP contribution in [-0.4, -0.2) is 7.05 Å². The van der Waals surface area contributed by atoms with Crippen molar-refractivity contribution in [2.75, 3.05) is 7.05 Å². The fraction of sp³-hybridized carbons (Fsp3) is 0.250. The normalized spacial score (nSPS) is 12.4. The van der Waals surface area contributed by atoms with Gasteiger partial charge < -0.3 is 5.32 Å². The van der Waals surface area contributed by atoms with E-state index in [2.05, 4.69) is 56.2 Å². The second-order valence-electron chi connectivity index (χ2n) is 4.76. The molecule has 0 radical (unpaired) electrons. The molecule has 1 N–H and O–H groups in total. The van der Waals surface area contributed by atoms with Crippen molar-refractivity contribution in [2.24, 2.45) is 0 Å². The number of benzene rings is 2. The monoisotopic (exact) mass is 399 g/mol. The highest BCUT2D eigenvalue weighted by molar-refractivity contribution is 9.10. The van der Waals surface area contributed by atoms with E-state index in [0.29, 0.717) is 12.0 Å². The largest absolute Gasteiger partial charge is 0.313 e. The molecule has 1 nitrogen and oxygen atoms in total. The number of hydrogen-bond donors (Lipinski definition) is 1. The second-order valence-corrected chi connectivity index (χ2v) is 6.47. The van der Waals surface area contributed by atoms with Crippen molar-refractivity contribution in [3.8, 4) is 0 Å². The van der Waals surface area contributed by atoms with Gasteiger partial charge in [-0.05, 0) is 49.2 Å². The summed E-state index contributed by atoms with van der Waals surface area (Å²) in [6.45, 7) is 2.06. The standard InChI is InChI=1S/C16H16Br2FN/c1-10-4-3-5-13(16(10)18)15(20-2)8-11-6-7-12(17)9-14(11)19/h3-7,9,15,20H,8H2,1-2H3. The maximum atomic E-state index is 14.0. The topological polar surface area (TPSA) is 12.0 Å². The summed E-state index contributed by atoms with van der Waals surface area (Å²) in [4.78, 5) is 0. The maximum Gasteiger partial charge on any atom is 0.127 e. The molecule has 0 saturated carbocycles. The number of hydrogen-bond acceptors (Lipinski definition) is 1. The van der Waals surface area contributed by atoms with E-state index in [1.807, 2.05) is 25.2 Å². The highest BCUT2D eigenvalue weighted by Crippen LogP contribution is 2.29. The van der Waals surface area contributed by atoms with Crippen LogP contribution in [0.2, 0.25) is 0 Å². The lowest BCUT2D eigenvalue weighted by Crippen LogP contribution is -2.20. The van der Waals surface area contributed by atoms with Crippen LogP contribution in [0.4, 0.5) is 4.39 Å². The first kappa shape index (κ1) is 15.7. The van der Waals surface area contributed by atoms with Gasteiger partial charge in [0, 0.05) is 15.0 Å². The van der Waals surface area contributed by atoms with Crippen LogP contribution < -0.4 is 5.32 Å². The van der Waals surface area contributed by atoms with Gasteiger partial charge in [-0.15, -0.1) is 0 Å². The third-order valence-electron chi connectivity index (χ3n) is 3.38. The molecule has 0 bridgehead atoms. The van der Waals surface area contributed by atoms with E-state index in [-0.39, 0.29) is 11.9 Å². The van der Waals surface area contributed by atoms with Crippen LogP contribution in [0.5, 0.6) is 0 Å². The van der Waals surface area contributed by atoms with E-state index in [1.54, 1.807) is 0 Å². The molecule has 1 atom stereocenters. The summed E-state index contributed by atoms with van der Waals surface area (Å²) in [7, 11) is 1.90. The summed E-state index contributed by atoms with van der Waals surface area (Å²) < 4.78 is 15.8. The van der Waals surface area contributed by atoms with Crippen LogP contribution in [0.3, 0.4) is 0 Å². The highest BCUT2D eigenvalue weighted by Gasteiger charge is 2.16. The summed E-state index contributed by atoms with van der Waals surface area (Å²) >= 11 is 6.91. The Morgan fingerprint density at radius 1 is 1.20 bits per heavy atom. The summed E-state index contributed by atoms with van der Waals surface area (Å²) in [6, 6.07) is 11.4. The maximum absolute atomic E-state index is 14.0. The zero-order valence-electron chi connectivity index (χ0n) is 11.4. The number of nitrogens with one attached hydrogen (secondary N) is 1. The Balaban J connectivity index is 2.31. The first-order chi connectivity index (χ1) is 9.52. The molecule has 2 aromatic carbocycles. The van der Waals surface area contributed by atoms with Gasteiger partial charge in [0.15, 0.2) is 0 Å². The molecule has 2 rings (SSSR count). The highest BCUT2D eigenvalue weighted by atomic mass is 79.9. The molecular formula is C16H16Br2FN. The number of halogens is 3. The predicted octanol–water partition coefficient (Wildman–Crippen LogP) is 5.16. The van der Waals surface area contributed by atoms with Crippen LogP contribution in [0.1, 0.15) is 22.7 Å². The number of aryl methyl sites for hydroxylation is 1. The van der Waals surface area contributed by atoms with Gasteiger partial charge in [0.2, 0.25) is 0 Å². The first-order valence-corrected chi connectivity index (χ1v) is 7.97. The van der Waals surface area contributed by atoms with Crippen LogP contribution in [-0.2, 0) is 6.42 Å². The molecule has 0 amide bonds. The molecule has 0 saturated heterocycles. The molecule has 4 heteroatoms. The lowest BCUT2D eigenvalue weighted by Gasteiger charge is -2.19. The minimum Gasteiger partial charge on any atom is -0.313 e. The van der Waals surface area contributed by atoms with Crippen LogP contribution in [0.15, 0.2) is 45.3 Å². The zero-order valence-corrected chi connectivity index (χ0v) is 14.6. The van der Waals surface area contributed by atoms with Gasteiger partial charge in [-0.1, -0.05) is 56.1 Å². The Labute approximate surface area is 135 Å². The lowest BCUT2D eigenvalue weighted by atomic mass is 9.97. The smallest absolute Gasteiger partial charge is 0.127 e. The minimum atomic E-state index is -0.177. The SMILES string of the molecule is CNC(Cc1ccc(Br)cc1F)c1cccc(C)c1Br. The Bertz CT molecular complexity index is 613. The number of likely N-dealkylation sites (N-methyl/N-ethyl adjacent to an activating group) is 1. The van der Waals surface area contributed by atoms with Crippen molar-refractivity contribution in [1.82, 2.24) is 5.32 Å². The van der Waals surface area contributed by atoms with E-state index in [1.165, 1.54) is 11.6 Å². The summed E-state index contributed by atoms with van der Waals surface area (Å²) in [5.74, 6) is -0.177. The van der Waals surface area contributed by atoms with E-state index in [4.69, 9.17) is 0 Å². The fourth-order valence-electron chi connectivity index (χ4n) is 2.21. The van der Waals surface area contributed by atoms with E-state index < -0.39 is 0 Å². The van der Waals surface area contributed by atoms with Gasteiger partial charge in [0.1, 0.15) is 5.82 Å². The van der Waals surface area contributed by atoms with Crippen LogP contribution >= 0.6 is 31.9 Å². The quantitative estimate of drug-likeness (QED) is 0.747. The number of rotatable bonds is 4. The molecule has 0 heterocycles. The molecule has 0 aromatic heterocycles. The fourth-order valence-corrected chi connectivity index (χ4v) is 3.09. The van der Waals surface area contributed by atoms with E-state index in [0.717, 1.165) is 14.5 Å². The van der Waals surface area contributed by atoms with Gasteiger partial charge >= 0.3 is 0 Å². The molecule has 1 unspecified atom stereocenters. The van der Waals surface area contributed by atoms with Gasteiger partial charge in [0.25, 0.3) is 0 Å². The average molecular weight is 401 g/mol. The van der Waals surface area contributed by atoms with Gasteiger partial charge in [-0.3, -0.25) is 0 Å². The molecule has 0 aliphatic carbocycles.